The summed E-state index contributed by atoms with van der Waals surface area (Å²) in [7, 11) is 0. The van der Waals surface area contributed by atoms with Gasteiger partial charge in [0.2, 0.25) is 70.9 Å². The molecule has 0 fully saturated rings. The summed E-state index contributed by atoms with van der Waals surface area (Å²) in [5.74, 6) is -15.1. The normalized spacial score (nSPS) is 24.3. The molecule has 15 amide bonds. The molecule has 0 spiro atoms. The fourth-order valence-electron chi connectivity index (χ4n) is 11.7. The van der Waals surface area contributed by atoms with Gasteiger partial charge in [0.25, 0.3) is 17.7 Å². The van der Waals surface area contributed by atoms with Crippen molar-refractivity contribution in [2.24, 2.45) is 17.4 Å². The predicted octanol–water partition coefficient (Wildman–Crippen LogP) is -2.37. The Kier molecular flexibility index (Phi) is 29.7. The molecular weight excluding hydrogens is 1360 g/mol. The fourth-order valence-corrected chi connectivity index (χ4v) is 11.7. The lowest BCUT2D eigenvalue weighted by atomic mass is 10.0. The summed E-state index contributed by atoms with van der Waals surface area (Å²) < 4.78 is 0. The summed E-state index contributed by atoms with van der Waals surface area (Å²) in [5, 5.41) is 45.6. The van der Waals surface area contributed by atoms with Crippen molar-refractivity contribution in [1.82, 2.24) is 84.1 Å². The largest absolute Gasteiger partial charge is 0.391 e. The zero-order chi connectivity index (χ0) is 76.6. The summed E-state index contributed by atoms with van der Waals surface area (Å²) in [4.78, 5) is 224. The first kappa shape index (κ1) is 80.7. The molecule has 12 atom stereocenters. The van der Waals surface area contributed by atoms with E-state index in [1.54, 1.807) is 74.6 Å². The first-order valence-electron chi connectivity index (χ1n) is 34.9. The van der Waals surface area contributed by atoms with E-state index in [2.05, 4.69) is 84.1 Å². The fraction of sp³-hybridized carbons (Fsp3) is 0.465. The average Bonchev–Trinajstić information content (AvgIpc) is 1.75. The summed E-state index contributed by atoms with van der Waals surface area (Å²) in [6.07, 6.45) is 1.37. The van der Waals surface area contributed by atoms with E-state index in [1.165, 1.54) is 26.4 Å². The Bertz CT molecular complexity index is 3980. The number of aromatic nitrogens is 3. The molecule has 0 unspecified atom stereocenters. The van der Waals surface area contributed by atoms with Gasteiger partial charge in [-0.05, 0) is 101 Å². The third kappa shape index (κ3) is 24.0. The van der Waals surface area contributed by atoms with E-state index in [-0.39, 0.29) is 86.2 Å². The molecular formula is C71H94N18O16. The summed E-state index contributed by atoms with van der Waals surface area (Å²) in [6.45, 7) is 8.18. The van der Waals surface area contributed by atoms with Crippen LogP contribution in [-0.4, -0.2) is 194 Å². The number of carbonyl (C=O) groups excluding carboxylic acids is 15. The number of hydrogen-bond acceptors (Lipinski definition) is 17. The molecule has 2 aliphatic rings. The van der Waals surface area contributed by atoms with Crippen LogP contribution < -0.4 is 80.6 Å². The number of rotatable bonds is 16. The minimum absolute atomic E-state index is 0.00108. The number of para-hydroxylation sites is 1. The van der Waals surface area contributed by atoms with Crippen LogP contribution in [0.2, 0.25) is 0 Å². The number of primary amides is 2. The zero-order valence-corrected chi connectivity index (χ0v) is 59.2. The second kappa shape index (κ2) is 38.6. The van der Waals surface area contributed by atoms with Gasteiger partial charge in [-0.2, -0.15) is 0 Å². The highest BCUT2D eigenvalue weighted by atomic mass is 16.3. The number of unbranched alkanes of at least 4 members (excludes halogenated alkanes) is 1. The molecule has 0 saturated heterocycles. The van der Waals surface area contributed by atoms with Gasteiger partial charge in [0.1, 0.15) is 66.5 Å². The van der Waals surface area contributed by atoms with Gasteiger partial charge in [-0.15, -0.1) is 0 Å². The Morgan fingerprint density at radius 1 is 0.543 bits per heavy atom. The van der Waals surface area contributed by atoms with Gasteiger partial charge in [0.05, 0.1) is 18.1 Å². The van der Waals surface area contributed by atoms with Crippen LogP contribution in [-0.2, 0) is 76.8 Å². The van der Waals surface area contributed by atoms with Gasteiger partial charge >= 0.3 is 0 Å². The zero-order valence-electron chi connectivity index (χ0n) is 59.2. The second-order valence-electron chi connectivity index (χ2n) is 26.6. The van der Waals surface area contributed by atoms with E-state index >= 15 is 0 Å². The van der Waals surface area contributed by atoms with Crippen molar-refractivity contribution in [1.29, 1.82) is 0 Å². The number of nitrogens with zero attached hydrogens (tertiary/aromatic N) is 1. The lowest BCUT2D eigenvalue weighted by Crippen LogP contribution is -2.62. The molecule has 20 N–H and O–H groups in total. The smallest absolute Gasteiger partial charge is 0.251 e. The van der Waals surface area contributed by atoms with Crippen molar-refractivity contribution in [2.75, 3.05) is 13.1 Å². The monoisotopic (exact) mass is 1450 g/mol. The Labute approximate surface area is 604 Å². The van der Waals surface area contributed by atoms with Gasteiger partial charge in [-0.3, -0.25) is 71.9 Å². The van der Waals surface area contributed by atoms with Crippen LogP contribution in [0.15, 0.2) is 91.5 Å². The molecule has 0 saturated carbocycles. The van der Waals surface area contributed by atoms with Crippen molar-refractivity contribution in [3.05, 3.63) is 125 Å². The molecule has 7 rings (SSSR count). The molecule has 0 radical (unpaired) electrons. The number of hydrogen-bond donors (Lipinski definition) is 18. The SMILES string of the molecule is CCCC[C@@H]1NC(=O)[C@@H]2CCCCNC(=O)c3cc(cc(c3)C(=O)N[C@@H](C)C(=O)N[C@H](Cc3ccccc3)C(=O)N[C@@H](Cc3c[nH]c4ccccc34)C(=O)N[C@H]([C@H](C)O)C(=O)N[C@@H](CCC(N)=O)C(=O)N2)C(=O)NC[C@@H](C(N)=O)NC(=O)[C@H](Cc2c[nH]cn2)NC(=O)[C@H](C)NC(=O)[C@@H](CC(C)C)NC1=O. The van der Waals surface area contributed by atoms with E-state index in [4.69, 9.17) is 11.5 Å². The summed E-state index contributed by atoms with van der Waals surface area (Å²) in [6, 6.07) is 1.40. The quantitative estimate of drug-likeness (QED) is 0.0491. The van der Waals surface area contributed by atoms with Crippen LogP contribution in [0.1, 0.15) is 147 Å². The molecule has 2 aliphatic heterocycles. The first-order chi connectivity index (χ1) is 50.0. The molecule has 3 aromatic carbocycles. The topological polar surface area (TPSA) is 529 Å². The number of aromatic amines is 2. The molecule has 5 aromatic rings. The van der Waals surface area contributed by atoms with Crippen LogP contribution in [0, 0.1) is 5.92 Å². The van der Waals surface area contributed by atoms with Gasteiger partial charge in [-0.1, -0.05) is 82.1 Å². The number of carbonyl (C=O) groups is 15. The van der Waals surface area contributed by atoms with Crippen LogP contribution in [0.4, 0.5) is 0 Å². The molecule has 0 aliphatic carbocycles. The maximum Gasteiger partial charge on any atom is 0.251 e. The number of aliphatic hydroxyl groups is 1. The van der Waals surface area contributed by atoms with E-state index < -0.39 is 181 Å². The number of nitrogens with two attached hydrogens (primary N) is 2. The molecule has 4 heterocycles. The number of H-pyrrole nitrogens is 2. The molecule has 34 heteroatoms. The molecule has 2 aromatic heterocycles. The number of aliphatic hydroxyl groups excluding tert-OH is 1. The minimum atomic E-state index is -1.91. The summed E-state index contributed by atoms with van der Waals surface area (Å²) >= 11 is 0. The highest BCUT2D eigenvalue weighted by molar-refractivity contribution is 6.06. The van der Waals surface area contributed by atoms with Crippen molar-refractivity contribution >= 4 is 99.5 Å². The highest BCUT2D eigenvalue weighted by Gasteiger charge is 2.38. The van der Waals surface area contributed by atoms with E-state index in [0.29, 0.717) is 34.9 Å². The molecule has 105 heavy (non-hydrogen) atoms. The lowest BCUT2D eigenvalue weighted by molar-refractivity contribution is -0.137. The van der Waals surface area contributed by atoms with Crippen LogP contribution in [0.25, 0.3) is 10.9 Å². The Morgan fingerprint density at radius 2 is 1.09 bits per heavy atom. The first-order valence-corrected chi connectivity index (χ1v) is 34.9. The van der Waals surface area contributed by atoms with E-state index in [9.17, 15) is 77.0 Å². The predicted molar refractivity (Wildman–Crippen MR) is 380 cm³/mol. The van der Waals surface area contributed by atoms with Gasteiger partial charge in [0, 0.05) is 78.8 Å². The molecule has 4 bridgehead atoms. The standard InChI is InChI=1S/C71H94N18O16/c1-7-8-19-48-65(99)86-51(25-36(2)3)67(101)80-38(5)60(94)85-54(31-45-33-74-35-78-45)69(103)88-55(58(73)92)34-77-62(96)42-27-41-28-43(29-42)63(97)79-37(4)59(93)84-52(26-40-16-10-9-11-17-40)68(102)87-53(30-44-32-76-47-20-13-12-18-46(44)47)70(104)89-57(39(6)90)71(105)83-50(22-23-56(72)91)66(100)82-49(64(98)81-48)21-14-15-24-75-61(41)95/h9-13,16-18,20,27-29,32-33,35-39,48-55,57,76,90H,7-8,14-15,19,21-26,30-31,34H2,1-6H3,(H2,72,91)(H2,73,92)(H,74,78)(H,75,95)(H,77,96)(H,79,97)(H,80,101)(H,81,98)(H,82,100)(H,83,105)(H,84,93)(H,85,94)(H,86,99)(H,87,102)(H,88,103)(H,89,104)/t37-,38-,39-,48-,49-,50-,51+,52+,53-,54-,55-,57+/m0/s1. The number of amides is 15. The van der Waals surface area contributed by atoms with Crippen molar-refractivity contribution in [3.8, 4) is 0 Å². The maximum atomic E-state index is 14.9. The van der Waals surface area contributed by atoms with E-state index in [1.807, 2.05) is 6.92 Å². The Balaban J connectivity index is 1.35. The van der Waals surface area contributed by atoms with Crippen molar-refractivity contribution < 1.29 is 77.0 Å². The van der Waals surface area contributed by atoms with Crippen molar-refractivity contribution in [3.63, 3.8) is 0 Å². The molecule has 564 valence electrons. The third-order valence-electron chi connectivity index (χ3n) is 17.6. The Hall–Kier alpha value is -11.6. The number of benzene rings is 3. The minimum Gasteiger partial charge on any atom is -0.391 e. The van der Waals surface area contributed by atoms with E-state index in [0.717, 1.165) is 25.1 Å². The second-order valence-corrected chi connectivity index (χ2v) is 26.6. The number of imidazole rings is 1. The van der Waals surface area contributed by atoms with Gasteiger partial charge in [-0.25, -0.2) is 4.98 Å². The molecule has 34 nitrogen and oxygen atoms in total. The van der Waals surface area contributed by atoms with Crippen LogP contribution >= 0.6 is 0 Å². The van der Waals surface area contributed by atoms with Crippen molar-refractivity contribution in [2.45, 2.75) is 191 Å². The van der Waals surface area contributed by atoms with Gasteiger partial charge < -0.3 is 95.7 Å². The lowest BCUT2D eigenvalue weighted by Gasteiger charge is -2.29. The van der Waals surface area contributed by atoms with Gasteiger partial charge in [0.15, 0.2) is 0 Å². The number of nitrogens with one attached hydrogen (secondary N) is 15. The maximum absolute atomic E-state index is 14.9. The Morgan fingerprint density at radius 3 is 1.72 bits per heavy atom. The number of fused-ring (bicyclic) bond motifs is 9. The third-order valence-corrected chi connectivity index (χ3v) is 17.6. The average molecular weight is 1460 g/mol. The summed E-state index contributed by atoms with van der Waals surface area (Å²) in [5.41, 5.74) is 12.2. The highest BCUT2D eigenvalue weighted by Crippen LogP contribution is 2.21. The van der Waals surface area contributed by atoms with Crippen LogP contribution in [0.5, 0.6) is 0 Å². The van der Waals surface area contributed by atoms with Crippen LogP contribution in [0.3, 0.4) is 0 Å².